The number of nitrogens with zero attached hydrogens (tertiary/aromatic N) is 2. The van der Waals surface area contributed by atoms with Gasteiger partial charge in [-0.1, -0.05) is 40.9 Å². The molecule has 1 aliphatic heterocycles. The standard InChI is InChI=1S/C31H26Cl3N3O3/c1-17-12-21(8-10-23(17)32)40-16-19-13-18(6-11-28(19)39-2)29-22(15-35)31(36)37(20-7-9-24(33)25(34)14-20)26-4-3-5-27(38)30(26)29/h6-14,29H,3-5,16,36H2,1-2H3/t29-/m0/s1. The third-order valence-corrected chi connectivity index (χ3v) is 8.40. The van der Waals surface area contributed by atoms with Gasteiger partial charge in [-0.05, 0) is 79.4 Å². The lowest BCUT2D eigenvalue weighted by atomic mass is 9.75. The molecule has 0 fully saturated rings. The number of ether oxygens (including phenoxy) is 2. The molecule has 2 N–H and O–H groups in total. The monoisotopic (exact) mass is 593 g/mol. The van der Waals surface area contributed by atoms with E-state index >= 15 is 0 Å². The minimum absolute atomic E-state index is 0.0122. The molecule has 5 rings (SSSR count). The van der Waals surface area contributed by atoms with E-state index in [2.05, 4.69) is 6.07 Å². The number of carbonyl (C=O) groups excluding carboxylic acids is 1. The van der Waals surface area contributed by atoms with Gasteiger partial charge in [-0.25, -0.2) is 0 Å². The fraction of sp³-hybridized carbons (Fsp3) is 0.226. The Morgan fingerprint density at radius 2 is 1.80 bits per heavy atom. The highest BCUT2D eigenvalue weighted by molar-refractivity contribution is 6.42. The largest absolute Gasteiger partial charge is 0.496 e. The van der Waals surface area contributed by atoms with Crippen molar-refractivity contribution < 1.29 is 14.3 Å². The summed E-state index contributed by atoms with van der Waals surface area (Å²) < 4.78 is 11.7. The van der Waals surface area contributed by atoms with Crippen molar-refractivity contribution in [3.63, 3.8) is 0 Å². The molecule has 9 heteroatoms. The van der Waals surface area contributed by atoms with Crippen LogP contribution in [0, 0.1) is 18.3 Å². The lowest BCUT2D eigenvalue weighted by molar-refractivity contribution is -0.116. The summed E-state index contributed by atoms with van der Waals surface area (Å²) in [5.74, 6) is 0.904. The van der Waals surface area contributed by atoms with Crippen LogP contribution in [0.2, 0.25) is 15.1 Å². The van der Waals surface area contributed by atoms with Crippen molar-refractivity contribution in [1.29, 1.82) is 5.26 Å². The Hall–Kier alpha value is -3.63. The molecule has 0 saturated heterocycles. The van der Waals surface area contributed by atoms with Crippen LogP contribution in [0.4, 0.5) is 5.69 Å². The second-order valence-corrected chi connectivity index (χ2v) is 10.9. The third kappa shape index (κ3) is 5.13. The molecule has 0 aromatic heterocycles. The molecule has 3 aromatic rings. The predicted molar refractivity (Wildman–Crippen MR) is 158 cm³/mol. The molecular formula is C31H26Cl3N3O3. The summed E-state index contributed by atoms with van der Waals surface area (Å²) in [6.07, 6.45) is 1.70. The van der Waals surface area contributed by atoms with Gasteiger partial charge in [-0.3, -0.25) is 9.69 Å². The summed E-state index contributed by atoms with van der Waals surface area (Å²) >= 11 is 18.6. The van der Waals surface area contributed by atoms with Crippen molar-refractivity contribution in [2.24, 2.45) is 5.73 Å². The first-order valence-electron chi connectivity index (χ1n) is 12.7. The Bertz CT molecular complexity index is 1620. The normalized spacial score (nSPS) is 17.1. The number of carbonyl (C=O) groups is 1. The molecule has 204 valence electrons. The number of nitrogens with two attached hydrogens (primary N) is 1. The smallest absolute Gasteiger partial charge is 0.161 e. The first-order valence-corrected chi connectivity index (χ1v) is 13.8. The number of Topliss-reactive ketones (excluding diaryl/α,β-unsaturated/α-hetero) is 1. The van der Waals surface area contributed by atoms with Gasteiger partial charge in [0.15, 0.2) is 5.78 Å². The molecule has 1 heterocycles. The van der Waals surface area contributed by atoms with Gasteiger partial charge in [0.2, 0.25) is 0 Å². The number of halogens is 3. The number of anilines is 1. The van der Waals surface area contributed by atoms with Crippen LogP contribution in [0.1, 0.15) is 41.9 Å². The fourth-order valence-corrected chi connectivity index (χ4v) is 5.71. The highest BCUT2D eigenvalue weighted by Crippen LogP contribution is 2.47. The number of allylic oxidation sites excluding steroid dienone is 3. The van der Waals surface area contributed by atoms with Crippen molar-refractivity contribution in [3.05, 3.63) is 109 Å². The third-order valence-electron chi connectivity index (χ3n) is 7.24. The first-order chi connectivity index (χ1) is 19.2. The van der Waals surface area contributed by atoms with Crippen LogP contribution >= 0.6 is 34.8 Å². The van der Waals surface area contributed by atoms with Gasteiger partial charge in [0.1, 0.15) is 23.9 Å². The molecule has 3 aromatic carbocycles. The van der Waals surface area contributed by atoms with Crippen LogP contribution in [0.15, 0.2) is 77.3 Å². The minimum Gasteiger partial charge on any atom is -0.496 e. The van der Waals surface area contributed by atoms with E-state index in [1.165, 1.54) is 0 Å². The lowest BCUT2D eigenvalue weighted by Gasteiger charge is -2.39. The quantitative estimate of drug-likeness (QED) is 0.313. The molecule has 0 amide bonds. The van der Waals surface area contributed by atoms with E-state index in [4.69, 9.17) is 50.0 Å². The van der Waals surface area contributed by atoms with Crippen LogP contribution < -0.4 is 20.1 Å². The van der Waals surface area contributed by atoms with E-state index in [0.717, 1.165) is 22.4 Å². The molecule has 6 nitrogen and oxygen atoms in total. The Morgan fingerprint density at radius 1 is 1.02 bits per heavy atom. The topological polar surface area (TPSA) is 88.6 Å². The number of methoxy groups -OCH3 is 1. The summed E-state index contributed by atoms with van der Waals surface area (Å²) in [6, 6.07) is 18.5. The molecule has 0 saturated carbocycles. The number of hydrogen-bond acceptors (Lipinski definition) is 6. The molecule has 0 bridgehead atoms. The number of aryl methyl sites for hydroxylation is 1. The van der Waals surface area contributed by atoms with Crippen LogP contribution in [0.3, 0.4) is 0 Å². The van der Waals surface area contributed by atoms with Crippen LogP contribution in [-0.2, 0) is 11.4 Å². The van der Waals surface area contributed by atoms with Gasteiger partial charge in [0.25, 0.3) is 0 Å². The zero-order chi connectivity index (χ0) is 28.6. The SMILES string of the molecule is COc1ccc([C@H]2C(C#N)=C(N)N(c3ccc(Cl)c(Cl)c3)C3=C2C(=O)CCC3)cc1COc1ccc(Cl)c(C)c1. The van der Waals surface area contributed by atoms with Crippen LogP contribution in [-0.4, -0.2) is 12.9 Å². The van der Waals surface area contributed by atoms with E-state index in [-0.39, 0.29) is 23.8 Å². The average molecular weight is 595 g/mol. The first kappa shape index (κ1) is 27.9. The van der Waals surface area contributed by atoms with E-state index in [0.29, 0.717) is 57.1 Å². The van der Waals surface area contributed by atoms with Crippen molar-refractivity contribution >= 4 is 46.3 Å². The van der Waals surface area contributed by atoms with Crippen molar-refractivity contribution in [2.45, 2.75) is 38.7 Å². The zero-order valence-corrected chi connectivity index (χ0v) is 24.2. The van der Waals surface area contributed by atoms with E-state index < -0.39 is 5.92 Å². The van der Waals surface area contributed by atoms with Gasteiger partial charge in [0.05, 0.1) is 34.7 Å². The predicted octanol–water partition coefficient (Wildman–Crippen LogP) is 7.85. The lowest BCUT2D eigenvalue weighted by Crippen LogP contribution is -2.38. The number of nitriles is 1. The number of rotatable bonds is 6. The summed E-state index contributed by atoms with van der Waals surface area (Å²) in [5.41, 5.74) is 11.4. The maximum absolute atomic E-state index is 13.5. The van der Waals surface area contributed by atoms with E-state index in [1.807, 2.05) is 31.2 Å². The van der Waals surface area contributed by atoms with Gasteiger partial charge in [0, 0.05) is 34.0 Å². The summed E-state index contributed by atoms with van der Waals surface area (Å²) in [7, 11) is 1.59. The summed E-state index contributed by atoms with van der Waals surface area (Å²) in [6.45, 7) is 2.12. The van der Waals surface area contributed by atoms with Crippen LogP contribution in [0.5, 0.6) is 11.5 Å². The number of benzene rings is 3. The average Bonchev–Trinajstić information content (AvgIpc) is 2.94. The maximum Gasteiger partial charge on any atom is 0.161 e. The highest BCUT2D eigenvalue weighted by Gasteiger charge is 2.40. The molecule has 0 spiro atoms. The molecule has 1 atom stereocenters. The summed E-state index contributed by atoms with van der Waals surface area (Å²) in [5, 5.41) is 11.8. The molecular weight excluding hydrogens is 569 g/mol. The molecule has 2 aliphatic rings. The molecule has 40 heavy (non-hydrogen) atoms. The van der Waals surface area contributed by atoms with Crippen molar-refractivity contribution in [2.75, 3.05) is 12.0 Å². The van der Waals surface area contributed by atoms with Crippen molar-refractivity contribution in [1.82, 2.24) is 0 Å². The van der Waals surface area contributed by atoms with Gasteiger partial charge in [-0.2, -0.15) is 5.26 Å². The number of ketones is 1. The maximum atomic E-state index is 13.5. The zero-order valence-electron chi connectivity index (χ0n) is 21.9. The Morgan fingerprint density at radius 3 is 2.50 bits per heavy atom. The minimum atomic E-state index is -0.630. The molecule has 1 aliphatic carbocycles. The summed E-state index contributed by atoms with van der Waals surface area (Å²) in [4.78, 5) is 15.3. The van der Waals surface area contributed by atoms with Gasteiger partial charge < -0.3 is 15.2 Å². The Kier molecular flexibility index (Phi) is 8.00. The van der Waals surface area contributed by atoms with Gasteiger partial charge in [-0.15, -0.1) is 0 Å². The fourth-order valence-electron chi connectivity index (χ4n) is 5.30. The highest BCUT2D eigenvalue weighted by atomic mass is 35.5. The van der Waals surface area contributed by atoms with Crippen LogP contribution in [0.25, 0.3) is 0 Å². The second kappa shape index (κ2) is 11.5. The van der Waals surface area contributed by atoms with E-state index in [9.17, 15) is 10.1 Å². The second-order valence-electron chi connectivity index (χ2n) is 9.69. The Labute approximate surface area is 248 Å². The molecule has 0 unspecified atom stereocenters. The Balaban J connectivity index is 1.60. The van der Waals surface area contributed by atoms with Crippen molar-refractivity contribution in [3.8, 4) is 17.6 Å². The molecule has 0 radical (unpaired) electrons. The number of hydrogen-bond donors (Lipinski definition) is 1. The van der Waals surface area contributed by atoms with E-state index in [1.54, 1.807) is 42.3 Å². The van der Waals surface area contributed by atoms with Gasteiger partial charge >= 0.3 is 0 Å².